The Kier molecular flexibility index (Phi) is 4.81. The molecule has 0 unspecified atom stereocenters. The van der Waals surface area contributed by atoms with Crippen LogP contribution in [0.15, 0.2) is 57.5 Å². The average molecular weight is 404 g/mol. The van der Waals surface area contributed by atoms with E-state index >= 15 is 0 Å². The summed E-state index contributed by atoms with van der Waals surface area (Å²) < 4.78 is 26.1. The summed E-state index contributed by atoms with van der Waals surface area (Å²) in [6.45, 7) is 0. The van der Waals surface area contributed by atoms with E-state index in [9.17, 15) is 8.42 Å². The molecule has 0 atom stereocenters. The van der Waals surface area contributed by atoms with Gasteiger partial charge in [0, 0.05) is 8.95 Å². The summed E-state index contributed by atoms with van der Waals surface area (Å²) in [5.41, 5.74) is 1.61. The SMILES string of the molecule is O=S(=O)(Cc1ccc(Br)cc1)Cc1ccc(Br)cc1. The van der Waals surface area contributed by atoms with Crippen molar-refractivity contribution in [3.8, 4) is 0 Å². The van der Waals surface area contributed by atoms with E-state index in [1.54, 1.807) is 0 Å². The van der Waals surface area contributed by atoms with Crippen LogP contribution in [0.1, 0.15) is 11.1 Å². The predicted octanol–water partition coefficient (Wildman–Crippen LogP) is 4.33. The zero-order valence-corrected chi connectivity index (χ0v) is 14.0. The van der Waals surface area contributed by atoms with E-state index < -0.39 is 9.84 Å². The standard InChI is InChI=1S/C14H12Br2O2S/c15-13-5-1-11(2-6-13)9-19(17,18)10-12-3-7-14(16)8-4-12/h1-8H,9-10H2. The van der Waals surface area contributed by atoms with Gasteiger partial charge >= 0.3 is 0 Å². The van der Waals surface area contributed by atoms with Crippen molar-refractivity contribution in [1.82, 2.24) is 0 Å². The van der Waals surface area contributed by atoms with Crippen molar-refractivity contribution in [2.24, 2.45) is 0 Å². The van der Waals surface area contributed by atoms with Crippen LogP contribution in [-0.4, -0.2) is 8.42 Å². The smallest absolute Gasteiger partial charge is 0.158 e. The number of hydrogen-bond acceptors (Lipinski definition) is 2. The molecule has 0 aliphatic rings. The maximum absolute atomic E-state index is 12.1. The van der Waals surface area contributed by atoms with Crippen LogP contribution < -0.4 is 0 Å². The molecule has 100 valence electrons. The number of benzene rings is 2. The van der Waals surface area contributed by atoms with E-state index in [2.05, 4.69) is 31.9 Å². The van der Waals surface area contributed by atoms with E-state index in [1.165, 1.54) is 0 Å². The molecule has 0 radical (unpaired) electrons. The first-order chi connectivity index (χ1) is 8.94. The molecule has 0 aliphatic heterocycles. The van der Waals surface area contributed by atoms with E-state index in [-0.39, 0.29) is 11.5 Å². The van der Waals surface area contributed by atoms with Crippen molar-refractivity contribution in [2.75, 3.05) is 0 Å². The molecule has 0 fully saturated rings. The fourth-order valence-corrected chi connectivity index (χ4v) is 3.75. The Morgan fingerprint density at radius 2 is 1.00 bits per heavy atom. The van der Waals surface area contributed by atoms with Gasteiger partial charge in [-0.15, -0.1) is 0 Å². The maximum atomic E-state index is 12.1. The minimum Gasteiger partial charge on any atom is -0.228 e. The van der Waals surface area contributed by atoms with Gasteiger partial charge in [-0.05, 0) is 35.4 Å². The Balaban J connectivity index is 2.10. The Hall–Kier alpha value is -0.650. The van der Waals surface area contributed by atoms with Crippen molar-refractivity contribution in [1.29, 1.82) is 0 Å². The van der Waals surface area contributed by atoms with Gasteiger partial charge in [0.15, 0.2) is 9.84 Å². The third kappa shape index (κ3) is 4.75. The van der Waals surface area contributed by atoms with Gasteiger partial charge in [-0.1, -0.05) is 56.1 Å². The zero-order chi connectivity index (χ0) is 13.9. The van der Waals surface area contributed by atoms with Crippen molar-refractivity contribution in [3.63, 3.8) is 0 Å². The lowest BCUT2D eigenvalue weighted by Crippen LogP contribution is -2.07. The molecule has 0 aromatic heterocycles. The second-order valence-corrected chi connectivity index (χ2v) is 8.18. The first-order valence-corrected chi connectivity index (χ1v) is 9.05. The first-order valence-electron chi connectivity index (χ1n) is 5.64. The minimum atomic E-state index is -3.14. The molecule has 2 rings (SSSR count). The monoisotopic (exact) mass is 402 g/mol. The molecule has 0 saturated carbocycles. The van der Waals surface area contributed by atoms with E-state index in [4.69, 9.17) is 0 Å². The molecular formula is C14H12Br2O2S. The summed E-state index contributed by atoms with van der Waals surface area (Å²) in [7, 11) is -3.14. The fraction of sp³-hybridized carbons (Fsp3) is 0.143. The van der Waals surface area contributed by atoms with Crippen LogP contribution in [0.5, 0.6) is 0 Å². The summed E-state index contributed by atoms with van der Waals surface area (Å²) in [5.74, 6) is 0.132. The molecule has 2 aromatic rings. The van der Waals surface area contributed by atoms with Gasteiger partial charge in [-0.25, -0.2) is 8.42 Å². The van der Waals surface area contributed by atoms with Crippen molar-refractivity contribution in [2.45, 2.75) is 11.5 Å². The van der Waals surface area contributed by atoms with Gasteiger partial charge < -0.3 is 0 Å². The van der Waals surface area contributed by atoms with Gasteiger partial charge in [0.1, 0.15) is 0 Å². The Morgan fingerprint density at radius 1 is 0.684 bits per heavy atom. The van der Waals surface area contributed by atoms with Crippen LogP contribution >= 0.6 is 31.9 Å². The lowest BCUT2D eigenvalue weighted by atomic mass is 10.2. The first kappa shape index (κ1) is 14.8. The van der Waals surface area contributed by atoms with E-state index in [0.717, 1.165) is 20.1 Å². The molecular weight excluding hydrogens is 392 g/mol. The Morgan fingerprint density at radius 3 is 1.32 bits per heavy atom. The number of hydrogen-bond donors (Lipinski definition) is 0. The fourth-order valence-electron chi connectivity index (χ4n) is 1.72. The topological polar surface area (TPSA) is 34.1 Å². The molecule has 19 heavy (non-hydrogen) atoms. The highest BCUT2D eigenvalue weighted by molar-refractivity contribution is 9.10. The van der Waals surface area contributed by atoms with Gasteiger partial charge in [-0.2, -0.15) is 0 Å². The largest absolute Gasteiger partial charge is 0.228 e. The zero-order valence-electron chi connectivity index (χ0n) is 10.0. The van der Waals surface area contributed by atoms with Crippen molar-refractivity contribution in [3.05, 3.63) is 68.6 Å². The Labute approximate surface area is 130 Å². The second-order valence-electron chi connectivity index (χ2n) is 4.29. The molecule has 0 spiro atoms. The predicted molar refractivity (Wildman–Crippen MR) is 84.6 cm³/mol. The maximum Gasteiger partial charge on any atom is 0.158 e. The molecule has 0 amide bonds. The van der Waals surface area contributed by atoms with Gasteiger partial charge in [0.2, 0.25) is 0 Å². The number of rotatable bonds is 4. The van der Waals surface area contributed by atoms with Crippen LogP contribution in [0.4, 0.5) is 0 Å². The molecule has 0 aliphatic carbocycles. The summed E-state index contributed by atoms with van der Waals surface area (Å²) >= 11 is 6.66. The molecule has 0 N–H and O–H groups in total. The average Bonchev–Trinajstić information content (AvgIpc) is 2.34. The molecule has 0 heterocycles. The molecule has 5 heteroatoms. The molecule has 2 aromatic carbocycles. The summed E-state index contributed by atoms with van der Waals surface area (Å²) in [4.78, 5) is 0. The highest BCUT2D eigenvalue weighted by Gasteiger charge is 2.13. The summed E-state index contributed by atoms with van der Waals surface area (Å²) in [5, 5.41) is 0. The van der Waals surface area contributed by atoms with Crippen molar-refractivity contribution < 1.29 is 8.42 Å². The quantitative estimate of drug-likeness (QED) is 0.761. The molecule has 0 saturated heterocycles. The normalized spacial score (nSPS) is 11.5. The summed E-state index contributed by atoms with van der Waals surface area (Å²) in [6, 6.07) is 14.7. The lowest BCUT2D eigenvalue weighted by Gasteiger charge is -2.05. The van der Waals surface area contributed by atoms with Crippen LogP contribution in [0.2, 0.25) is 0 Å². The molecule has 0 bridgehead atoms. The second kappa shape index (κ2) is 6.20. The van der Waals surface area contributed by atoms with E-state index in [0.29, 0.717) is 0 Å². The van der Waals surface area contributed by atoms with Gasteiger partial charge in [0.05, 0.1) is 11.5 Å². The van der Waals surface area contributed by atoms with Gasteiger partial charge in [-0.3, -0.25) is 0 Å². The van der Waals surface area contributed by atoms with Crippen LogP contribution in [-0.2, 0) is 21.3 Å². The highest BCUT2D eigenvalue weighted by Crippen LogP contribution is 2.17. The lowest BCUT2D eigenvalue weighted by molar-refractivity contribution is 0.594. The van der Waals surface area contributed by atoms with Crippen molar-refractivity contribution >= 4 is 41.7 Å². The summed E-state index contributed by atoms with van der Waals surface area (Å²) in [6.07, 6.45) is 0. The molecule has 2 nitrogen and oxygen atoms in total. The third-order valence-corrected chi connectivity index (χ3v) is 5.20. The highest BCUT2D eigenvalue weighted by atomic mass is 79.9. The minimum absolute atomic E-state index is 0.0658. The van der Waals surface area contributed by atoms with Crippen LogP contribution in [0.3, 0.4) is 0 Å². The van der Waals surface area contributed by atoms with Gasteiger partial charge in [0.25, 0.3) is 0 Å². The van der Waals surface area contributed by atoms with Crippen LogP contribution in [0.25, 0.3) is 0 Å². The number of halogens is 2. The van der Waals surface area contributed by atoms with E-state index in [1.807, 2.05) is 48.5 Å². The number of sulfone groups is 1. The Bertz CT molecular complexity index is 593. The third-order valence-electron chi connectivity index (χ3n) is 2.60. The van der Waals surface area contributed by atoms with Crippen LogP contribution in [0, 0.1) is 0 Å².